The monoisotopic (exact) mass is 444 g/mol. The molecule has 146 valence electrons. The Morgan fingerprint density at radius 3 is 2.79 bits per heavy atom. The molecule has 0 fully saturated rings. The summed E-state index contributed by atoms with van der Waals surface area (Å²) in [5.74, 6) is 0.477. The van der Waals surface area contributed by atoms with Crippen molar-refractivity contribution in [3.8, 4) is 0 Å². The lowest BCUT2D eigenvalue weighted by atomic mass is 10.2. The highest BCUT2D eigenvalue weighted by Gasteiger charge is 2.18. The molecule has 0 radical (unpaired) electrons. The molecule has 0 spiro atoms. The van der Waals surface area contributed by atoms with Crippen LogP contribution in [0.3, 0.4) is 0 Å². The molecule has 0 aliphatic rings. The number of nitrogens with one attached hydrogen (secondary N) is 2. The Hall–Kier alpha value is -2.71. The zero-order valence-electron chi connectivity index (χ0n) is 15.6. The Labute approximate surface area is 170 Å². The molecule has 1 unspecified atom stereocenters. The molecule has 2 N–H and O–H groups in total. The highest BCUT2D eigenvalue weighted by Crippen LogP contribution is 2.17. The van der Waals surface area contributed by atoms with Gasteiger partial charge in [0.05, 0.1) is 30.1 Å². The average Bonchev–Trinajstić information content (AvgIpc) is 2.67. The second-order valence-electron chi connectivity index (χ2n) is 6.27. The van der Waals surface area contributed by atoms with E-state index in [1.807, 2.05) is 18.2 Å². The van der Waals surface area contributed by atoms with Crippen molar-refractivity contribution in [2.45, 2.75) is 19.5 Å². The number of nitrogens with zero attached hydrogens (tertiary/aromatic N) is 2. The van der Waals surface area contributed by atoms with E-state index in [9.17, 15) is 9.59 Å². The first-order valence-corrected chi connectivity index (χ1v) is 9.60. The standard InChI is InChI=1S/C20H21BrN4O3/c1-13(22-20(27)23-15-7-5-6-14(21)12-15)18-24-17-9-4-3-8-16(17)19(26)25(18)10-11-28-2/h3-9,12-13H,10-11H2,1-2H3,(H2,22,23,27). The van der Waals surface area contributed by atoms with Gasteiger partial charge in [0.1, 0.15) is 5.82 Å². The van der Waals surface area contributed by atoms with E-state index in [1.54, 1.807) is 48.9 Å². The minimum atomic E-state index is -0.485. The van der Waals surface area contributed by atoms with Crippen LogP contribution >= 0.6 is 15.9 Å². The molecule has 2 aromatic carbocycles. The maximum Gasteiger partial charge on any atom is 0.319 e. The van der Waals surface area contributed by atoms with Gasteiger partial charge in [-0.3, -0.25) is 9.36 Å². The van der Waals surface area contributed by atoms with Crippen molar-refractivity contribution in [2.24, 2.45) is 0 Å². The molecule has 7 nitrogen and oxygen atoms in total. The van der Waals surface area contributed by atoms with Crippen molar-refractivity contribution in [2.75, 3.05) is 19.0 Å². The molecule has 28 heavy (non-hydrogen) atoms. The Bertz CT molecular complexity index is 1050. The number of urea groups is 1. The van der Waals surface area contributed by atoms with Gasteiger partial charge in [-0.15, -0.1) is 0 Å². The van der Waals surface area contributed by atoms with Gasteiger partial charge < -0.3 is 15.4 Å². The number of aromatic nitrogens is 2. The lowest BCUT2D eigenvalue weighted by Crippen LogP contribution is -2.36. The number of ether oxygens (including phenoxy) is 1. The number of fused-ring (bicyclic) bond motifs is 1. The Kier molecular flexibility index (Phi) is 6.43. The number of methoxy groups -OCH3 is 1. The van der Waals surface area contributed by atoms with Crippen molar-refractivity contribution in [3.63, 3.8) is 0 Å². The van der Waals surface area contributed by atoms with E-state index in [-0.39, 0.29) is 11.6 Å². The van der Waals surface area contributed by atoms with Gasteiger partial charge in [0.25, 0.3) is 5.56 Å². The Balaban J connectivity index is 1.88. The van der Waals surface area contributed by atoms with Crippen LogP contribution in [0.1, 0.15) is 18.8 Å². The van der Waals surface area contributed by atoms with Gasteiger partial charge in [-0.2, -0.15) is 0 Å². The van der Waals surface area contributed by atoms with Crippen molar-refractivity contribution in [1.29, 1.82) is 0 Å². The van der Waals surface area contributed by atoms with E-state index in [0.717, 1.165) is 4.47 Å². The van der Waals surface area contributed by atoms with E-state index < -0.39 is 6.04 Å². The van der Waals surface area contributed by atoms with Crippen LogP contribution in [0.15, 0.2) is 57.8 Å². The lowest BCUT2D eigenvalue weighted by molar-refractivity contribution is 0.184. The molecular weight excluding hydrogens is 424 g/mol. The average molecular weight is 445 g/mol. The molecule has 1 atom stereocenters. The van der Waals surface area contributed by atoms with Crippen molar-refractivity contribution in [1.82, 2.24) is 14.9 Å². The number of amides is 2. The van der Waals surface area contributed by atoms with Crippen LogP contribution < -0.4 is 16.2 Å². The number of rotatable bonds is 6. The predicted octanol–water partition coefficient (Wildman–Crippen LogP) is 3.69. The second kappa shape index (κ2) is 8.99. The fourth-order valence-electron chi connectivity index (χ4n) is 2.91. The zero-order valence-corrected chi connectivity index (χ0v) is 17.2. The number of hydrogen-bond acceptors (Lipinski definition) is 4. The van der Waals surface area contributed by atoms with E-state index in [0.29, 0.717) is 35.6 Å². The molecule has 3 aromatic rings. The van der Waals surface area contributed by atoms with E-state index >= 15 is 0 Å². The van der Waals surface area contributed by atoms with Gasteiger partial charge in [0.15, 0.2) is 0 Å². The summed E-state index contributed by atoms with van der Waals surface area (Å²) in [5.41, 5.74) is 1.10. The second-order valence-corrected chi connectivity index (χ2v) is 7.18. The van der Waals surface area contributed by atoms with Crippen molar-refractivity contribution < 1.29 is 9.53 Å². The molecule has 0 bridgehead atoms. The third kappa shape index (κ3) is 4.58. The summed E-state index contributed by atoms with van der Waals surface area (Å²) < 4.78 is 7.54. The minimum Gasteiger partial charge on any atom is -0.383 e. The largest absolute Gasteiger partial charge is 0.383 e. The smallest absolute Gasteiger partial charge is 0.319 e. The van der Waals surface area contributed by atoms with Gasteiger partial charge in [-0.25, -0.2) is 9.78 Å². The van der Waals surface area contributed by atoms with Crippen molar-refractivity contribution >= 4 is 38.6 Å². The highest BCUT2D eigenvalue weighted by atomic mass is 79.9. The normalized spacial score (nSPS) is 12.0. The van der Waals surface area contributed by atoms with Gasteiger partial charge >= 0.3 is 6.03 Å². The first-order valence-electron chi connectivity index (χ1n) is 8.81. The summed E-state index contributed by atoms with van der Waals surface area (Å²) in [6.07, 6.45) is 0. The van der Waals surface area contributed by atoms with Gasteiger partial charge in [-0.05, 0) is 37.3 Å². The predicted molar refractivity (Wildman–Crippen MR) is 113 cm³/mol. The molecule has 2 amide bonds. The number of benzene rings is 2. The topological polar surface area (TPSA) is 85.2 Å². The third-order valence-corrected chi connectivity index (χ3v) is 4.72. The van der Waals surface area contributed by atoms with Crippen LogP contribution in [0.5, 0.6) is 0 Å². The summed E-state index contributed by atoms with van der Waals surface area (Å²) in [6.45, 7) is 2.51. The number of halogens is 1. The number of carbonyl (C=O) groups excluding carboxylic acids is 1. The van der Waals surface area contributed by atoms with Crippen LogP contribution in [0.4, 0.5) is 10.5 Å². The molecular formula is C20H21BrN4O3. The highest BCUT2D eigenvalue weighted by molar-refractivity contribution is 9.10. The van der Waals surface area contributed by atoms with Crippen LogP contribution in [0.2, 0.25) is 0 Å². The molecule has 0 saturated heterocycles. The number of carbonyl (C=O) groups is 1. The van der Waals surface area contributed by atoms with Crippen LogP contribution in [0, 0.1) is 0 Å². The fourth-order valence-corrected chi connectivity index (χ4v) is 3.31. The summed E-state index contributed by atoms with van der Waals surface area (Å²) in [4.78, 5) is 29.9. The SMILES string of the molecule is COCCn1c(C(C)NC(=O)Nc2cccc(Br)c2)nc2ccccc2c1=O. The minimum absolute atomic E-state index is 0.154. The number of anilines is 1. The number of para-hydroxylation sites is 1. The summed E-state index contributed by atoms with van der Waals surface area (Å²) in [5, 5.41) is 6.16. The van der Waals surface area contributed by atoms with Gasteiger partial charge in [0.2, 0.25) is 0 Å². The number of hydrogen-bond donors (Lipinski definition) is 2. The molecule has 0 aliphatic carbocycles. The van der Waals surface area contributed by atoms with Crippen LogP contribution in [-0.4, -0.2) is 29.3 Å². The maximum absolute atomic E-state index is 12.9. The lowest BCUT2D eigenvalue weighted by Gasteiger charge is -2.19. The fraction of sp³-hybridized carbons (Fsp3) is 0.250. The summed E-state index contributed by atoms with van der Waals surface area (Å²) >= 11 is 3.37. The molecule has 8 heteroatoms. The van der Waals surface area contributed by atoms with Gasteiger partial charge in [-0.1, -0.05) is 34.1 Å². The van der Waals surface area contributed by atoms with E-state index in [2.05, 4.69) is 31.5 Å². The molecule has 0 saturated carbocycles. The van der Waals surface area contributed by atoms with Crippen LogP contribution in [-0.2, 0) is 11.3 Å². The van der Waals surface area contributed by atoms with E-state index in [1.165, 1.54) is 0 Å². The Morgan fingerprint density at radius 1 is 1.25 bits per heavy atom. The molecule has 1 heterocycles. The quantitative estimate of drug-likeness (QED) is 0.606. The summed E-state index contributed by atoms with van der Waals surface area (Å²) in [6, 6.07) is 13.6. The van der Waals surface area contributed by atoms with Crippen LogP contribution in [0.25, 0.3) is 10.9 Å². The zero-order chi connectivity index (χ0) is 20.1. The third-order valence-electron chi connectivity index (χ3n) is 4.23. The van der Waals surface area contributed by atoms with Crippen molar-refractivity contribution in [3.05, 3.63) is 69.2 Å². The van der Waals surface area contributed by atoms with E-state index in [4.69, 9.17) is 4.74 Å². The summed E-state index contributed by atoms with van der Waals surface area (Å²) in [7, 11) is 1.58. The first-order chi connectivity index (χ1) is 13.5. The maximum atomic E-state index is 12.9. The molecule has 3 rings (SSSR count). The first kappa shape index (κ1) is 20.0. The molecule has 0 aliphatic heterocycles. The van der Waals surface area contributed by atoms with Gasteiger partial charge in [0, 0.05) is 17.3 Å². The molecule has 1 aromatic heterocycles. The Morgan fingerprint density at radius 2 is 2.04 bits per heavy atom.